The first-order valence-electron chi connectivity index (χ1n) is 4.05. The van der Waals surface area contributed by atoms with Gasteiger partial charge < -0.3 is 0 Å². The molecule has 1 aromatic rings. The van der Waals surface area contributed by atoms with Crippen LogP contribution in [0.25, 0.3) is 0 Å². The highest BCUT2D eigenvalue weighted by molar-refractivity contribution is 7.83. The molecule has 1 aromatic carbocycles. The van der Waals surface area contributed by atoms with Crippen molar-refractivity contribution in [2.75, 3.05) is 5.12 Å². The molecule has 92 valence electrons. The van der Waals surface area contributed by atoms with Crippen LogP contribution >= 0.6 is 23.8 Å². The van der Waals surface area contributed by atoms with Gasteiger partial charge >= 0.3 is 5.69 Å². The summed E-state index contributed by atoms with van der Waals surface area (Å²) in [6.07, 6.45) is 0. The Hall–Kier alpha value is -1.41. The molecule has 0 radical (unpaired) electrons. The minimum Gasteiger partial charge on any atom is -0.258 e. The van der Waals surface area contributed by atoms with Crippen LogP contribution in [0.3, 0.4) is 0 Å². The van der Waals surface area contributed by atoms with Gasteiger partial charge in [-0.15, -0.1) is 5.12 Å². The predicted octanol–water partition coefficient (Wildman–Crippen LogP) is 3.40. The van der Waals surface area contributed by atoms with Crippen molar-refractivity contribution in [3.05, 3.63) is 33.4 Å². The van der Waals surface area contributed by atoms with E-state index in [2.05, 4.69) is 12.2 Å². The van der Waals surface area contributed by atoms with Crippen LogP contribution in [-0.2, 0) is 0 Å². The summed E-state index contributed by atoms with van der Waals surface area (Å²) in [5, 5.41) is 10.1. The number of rotatable bonds is 2. The molecule has 0 aliphatic rings. The van der Waals surface area contributed by atoms with E-state index in [4.69, 9.17) is 11.6 Å². The number of nitrogens with zero attached hydrogens (tertiary/aromatic N) is 2. The third kappa shape index (κ3) is 2.47. The zero-order chi connectivity index (χ0) is 13.3. The number of hydrogen-bond acceptors (Lipinski definition) is 3. The van der Waals surface area contributed by atoms with Gasteiger partial charge in [0.15, 0.2) is 11.5 Å². The number of thiocarbonyl (C=S) groups is 1. The van der Waals surface area contributed by atoms with Crippen LogP contribution in [0.2, 0.25) is 0 Å². The molecule has 17 heavy (non-hydrogen) atoms. The highest BCUT2D eigenvalue weighted by atomic mass is 35.5. The van der Waals surface area contributed by atoms with Crippen molar-refractivity contribution in [3.8, 4) is 0 Å². The Morgan fingerprint density at radius 1 is 1.53 bits per heavy atom. The first kappa shape index (κ1) is 13.7. The van der Waals surface area contributed by atoms with Gasteiger partial charge in [-0.05, 0) is 42.4 Å². The third-order valence-corrected chi connectivity index (χ3v) is 2.20. The van der Waals surface area contributed by atoms with Crippen molar-refractivity contribution in [3.63, 3.8) is 0 Å². The second-order valence-corrected chi connectivity index (χ2v) is 3.95. The number of nitro groups is 1. The molecule has 1 rings (SSSR count). The van der Waals surface area contributed by atoms with E-state index in [1.54, 1.807) is 0 Å². The van der Waals surface area contributed by atoms with Crippen LogP contribution in [0.4, 0.5) is 24.6 Å². The molecule has 0 aliphatic heterocycles. The summed E-state index contributed by atoms with van der Waals surface area (Å²) in [4.78, 5) is 9.30. The SMILES string of the molecule is Cc1cc(N(F)C(=S)Cl)c([N+](=O)[O-])c(F)c1F. The van der Waals surface area contributed by atoms with E-state index in [9.17, 15) is 23.4 Å². The van der Waals surface area contributed by atoms with Crippen molar-refractivity contribution in [1.29, 1.82) is 0 Å². The van der Waals surface area contributed by atoms with Crippen LogP contribution < -0.4 is 5.12 Å². The molecule has 9 heteroatoms. The van der Waals surface area contributed by atoms with E-state index in [1.165, 1.54) is 0 Å². The smallest absolute Gasteiger partial charge is 0.258 e. The average molecular weight is 285 g/mol. The van der Waals surface area contributed by atoms with E-state index < -0.39 is 37.5 Å². The molecule has 0 amide bonds. The fourth-order valence-corrected chi connectivity index (χ4v) is 1.33. The van der Waals surface area contributed by atoms with E-state index in [1.807, 2.05) is 0 Å². The maximum Gasteiger partial charge on any atom is 0.334 e. The van der Waals surface area contributed by atoms with E-state index in [0.717, 1.165) is 13.0 Å². The molecule has 0 aliphatic carbocycles. The molecular formula is C8H4ClF3N2O2S. The molecular weight excluding hydrogens is 281 g/mol. The first-order valence-corrected chi connectivity index (χ1v) is 4.84. The Bertz CT molecular complexity index is 512. The zero-order valence-electron chi connectivity index (χ0n) is 8.21. The molecule has 0 heterocycles. The highest BCUT2D eigenvalue weighted by Gasteiger charge is 2.30. The topological polar surface area (TPSA) is 46.4 Å². The summed E-state index contributed by atoms with van der Waals surface area (Å²) in [6.45, 7) is 1.12. The van der Waals surface area contributed by atoms with Gasteiger partial charge in [-0.2, -0.15) is 4.39 Å². The Morgan fingerprint density at radius 2 is 2.06 bits per heavy atom. The molecule has 0 N–H and O–H groups in total. The summed E-state index contributed by atoms with van der Waals surface area (Å²) < 4.78 is 38.9. The monoisotopic (exact) mass is 284 g/mol. The fourth-order valence-electron chi connectivity index (χ4n) is 1.14. The quantitative estimate of drug-likeness (QED) is 0.209. The summed E-state index contributed by atoms with van der Waals surface area (Å²) in [5.74, 6) is -3.19. The third-order valence-electron chi connectivity index (χ3n) is 1.89. The van der Waals surface area contributed by atoms with Crippen LogP contribution in [-0.4, -0.2) is 9.37 Å². The largest absolute Gasteiger partial charge is 0.334 e. The van der Waals surface area contributed by atoms with Crippen molar-refractivity contribution in [2.45, 2.75) is 6.92 Å². The van der Waals surface area contributed by atoms with Gasteiger partial charge in [0.05, 0.1) is 4.92 Å². The van der Waals surface area contributed by atoms with E-state index in [0.29, 0.717) is 0 Å². The minimum atomic E-state index is -1.76. The van der Waals surface area contributed by atoms with Gasteiger partial charge in [0.1, 0.15) is 0 Å². The summed E-state index contributed by atoms with van der Waals surface area (Å²) in [7, 11) is 0. The van der Waals surface area contributed by atoms with E-state index >= 15 is 0 Å². The van der Waals surface area contributed by atoms with Crippen LogP contribution in [0.1, 0.15) is 5.56 Å². The number of anilines is 1. The lowest BCUT2D eigenvalue weighted by Crippen LogP contribution is -2.17. The van der Waals surface area contributed by atoms with E-state index in [-0.39, 0.29) is 5.56 Å². The molecule has 0 bridgehead atoms. The standard InChI is InChI=1S/C8H4ClF3N2O2S/c1-3-2-4(13(12)8(9)17)7(14(15)16)6(11)5(3)10/h2H,1H3. The molecule has 0 atom stereocenters. The Balaban J connectivity index is 3.59. The number of hydrogen-bond donors (Lipinski definition) is 0. The van der Waals surface area contributed by atoms with Gasteiger partial charge in [0, 0.05) is 0 Å². The number of aryl methyl sites for hydroxylation is 1. The van der Waals surface area contributed by atoms with Gasteiger partial charge in [-0.25, -0.2) is 4.39 Å². The normalized spacial score (nSPS) is 10.2. The molecule has 0 saturated carbocycles. The van der Waals surface area contributed by atoms with Crippen molar-refractivity contribution in [2.24, 2.45) is 0 Å². The van der Waals surface area contributed by atoms with Gasteiger partial charge in [0.2, 0.25) is 10.3 Å². The number of benzene rings is 1. The second-order valence-electron chi connectivity index (χ2n) is 2.98. The maximum atomic E-state index is 13.3. The Morgan fingerprint density at radius 3 is 2.47 bits per heavy atom. The second kappa shape index (κ2) is 4.84. The van der Waals surface area contributed by atoms with Crippen LogP contribution in [0.15, 0.2) is 6.07 Å². The molecule has 0 spiro atoms. The van der Waals surface area contributed by atoms with Crippen molar-refractivity contribution in [1.82, 2.24) is 0 Å². The lowest BCUT2D eigenvalue weighted by Gasteiger charge is -2.12. The Labute approximate surface area is 104 Å². The highest BCUT2D eigenvalue weighted by Crippen LogP contribution is 2.35. The van der Waals surface area contributed by atoms with Gasteiger partial charge in [-0.3, -0.25) is 10.1 Å². The average Bonchev–Trinajstić information content (AvgIpc) is 2.23. The van der Waals surface area contributed by atoms with Gasteiger partial charge in [0.25, 0.3) is 0 Å². The van der Waals surface area contributed by atoms with Crippen molar-refractivity contribution < 1.29 is 18.2 Å². The zero-order valence-corrected chi connectivity index (χ0v) is 9.78. The van der Waals surface area contributed by atoms with Crippen LogP contribution in [0.5, 0.6) is 0 Å². The molecule has 0 saturated heterocycles. The first-order chi connectivity index (χ1) is 7.77. The maximum absolute atomic E-state index is 13.3. The summed E-state index contributed by atoms with van der Waals surface area (Å²) >= 11 is 9.37. The van der Waals surface area contributed by atoms with Gasteiger partial charge in [-0.1, -0.05) is 4.48 Å². The Kier molecular flexibility index (Phi) is 3.89. The predicted molar refractivity (Wildman–Crippen MR) is 59.8 cm³/mol. The van der Waals surface area contributed by atoms with Crippen LogP contribution in [0, 0.1) is 28.7 Å². The summed E-state index contributed by atoms with van der Waals surface area (Å²) in [6, 6.07) is 0.741. The fraction of sp³-hybridized carbons (Fsp3) is 0.125. The minimum absolute atomic E-state index is 0.307. The lowest BCUT2D eigenvalue weighted by molar-refractivity contribution is -0.387. The van der Waals surface area contributed by atoms with Crippen molar-refractivity contribution >= 4 is 39.6 Å². The molecule has 0 fully saturated rings. The molecule has 0 aromatic heterocycles. The molecule has 4 nitrogen and oxygen atoms in total. The number of halogens is 4. The number of nitro benzene ring substituents is 1. The summed E-state index contributed by atoms with van der Waals surface area (Å²) in [5.41, 5.74) is -2.52. The lowest BCUT2D eigenvalue weighted by atomic mass is 10.1. The molecule has 0 unspecified atom stereocenters.